The number of carbonyl (C=O) groups excluding carboxylic acids is 1. The topological polar surface area (TPSA) is 44.8 Å². The summed E-state index contributed by atoms with van der Waals surface area (Å²) >= 11 is 0. The fraction of sp³-hybridized carbons (Fsp3) is 0.364. The summed E-state index contributed by atoms with van der Waals surface area (Å²) in [4.78, 5) is 11.4. The molecule has 0 aliphatic heterocycles. The molecule has 0 amide bonds. The van der Waals surface area contributed by atoms with E-state index in [-0.39, 0.29) is 18.7 Å². The minimum atomic E-state index is -1.15. The monoisotopic (exact) mass is 242 g/mol. The maximum atomic E-state index is 11.4. The summed E-state index contributed by atoms with van der Waals surface area (Å²) in [5.41, 5.74) is 0.968. The third-order valence-electron chi connectivity index (χ3n) is 1.91. The van der Waals surface area contributed by atoms with Crippen LogP contribution in [-0.4, -0.2) is 26.4 Å². The highest BCUT2D eigenvalue weighted by Crippen LogP contribution is 2.35. The number of rotatable bonds is 6. The second-order valence-corrected chi connectivity index (χ2v) is 4.71. The van der Waals surface area contributed by atoms with Crippen LogP contribution in [0.5, 0.6) is 0 Å². The fourth-order valence-corrected chi connectivity index (χ4v) is 1.80. The largest absolute Gasteiger partial charge is 0.460 e. The van der Waals surface area contributed by atoms with E-state index in [1.807, 2.05) is 30.3 Å². The average Bonchev–Trinajstić information content (AvgIpc) is 2.34. The van der Waals surface area contributed by atoms with E-state index in [0.717, 1.165) is 5.56 Å². The number of hydrogen-bond donors (Lipinski definition) is 0. The number of benzene rings is 1. The standard InChI is InChI=1S/C11H15O4P/c1-13-16(14-2)9-11(12)15-8-10-6-4-3-5-7-10/h3-7H,8-9H2,1-2H3. The molecule has 0 unspecified atom stereocenters. The predicted octanol–water partition coefficient (Wildman–Crippen LogP) is 2.33. The van der Waals surface area contributed by atoms with Crippen LogP contribution in [0.1, 0.15) is 5.56 Å². The number of esters is 1. The number of ether oxygens (including phenoxy) is 1. The molecule has 0 saturated carbocycles. The third-order valence-corrected chi connectivity index (χ3v) is 3.24. The molecule has 0 atom stereocenters. The van der Waals surface area contributed by atoms with Gasteiger partial charge in [0.15, 0.2) is 8.38 Å². The van der Waals surface area contributed by atoms with Crippen molar-refractivity contribution in [2.45, 2.75) is 6.61 Å². The molecule has 4 nitrogen and oxygen atoms in total. The van der Waals surface area contributed by atoms with E-state index in [2.05, 4.69) is 0 Å². The van der Waals surface area contributed by atoms with Gasteiger partial charge in [-0.3, -0.25) is 4.79 Å². The summed E-state index contributed by atoms with van der Waals surface area (Å²) in [6.07, 6.45) is 0.162. The highest BCUT2D eigenvalue weighted by atomic mass is 31.2. The lowest BCUT2D eigenvalue weighted by Gasteiger charge is -2.11. The SMILES string of the molecule is COP(CC(=O)OCc1ccccc1)OC. The second-order valence-electron chi connectivity index (χ2n) is 3.00. The van der Waals surface area contributed by atoms with Crippen molar-refractivity contribution < 1.29 is 18.6 Å². The van der Waals surface area contributed by atoms with E-state index in [9.17, 15) is 4.79 Å². The Morgan fingerprint density at radius 1 is 1.19 bits per heavy atom. The summed E-state index contributed by atoms with van der Waals surface area (Å²) in [7, 11) is 1.88. The Balaban J connectivity index is 2.30. The van der Waals surface area contributed by atoms with Crippen molar-refractivity contribution in [2.75, 3.05) is 20.4 Å². The van der Waals surface area contributed by atoms with Crippen molar-refractivity contribution >= 4 is 14.3 Å². The van der Waals surface area contributed by atoms with Gasteiger partial charge in [0.2, 0.25) is 0 Å². The minimum Gasteiger partial charge on any atom is -0.460 e. The van der Waals surface area contributed by atoms with Gasteiger partial charge in [0, 0.05) is 14.2 Å². The van der Waals surface area contributed by atoms with Crippen LogP contribution in [0.4, 0.5) is 0 Å². The molecule has 0 fully saturated rings. The molecule has 1 aromatic carbocycles. The van der Waals surface area contributed by atoms with Gasteiger partial charge in [-0.1, -0.05) is 30.3 Å². The number of hydrogen-bond acceptors (Lipinski definition) is 4. The molecule has 0 N–H and O–H groups in total. The van der Waals surface area contributed by atoms with Gasteiger partial charge < -0.3 is 13.8 Å². The van der Waals surface area contributed by atoms with E-state index in [1.54, 1.807) is 0 Å². The molecule has 1 aromatic rings. The van der Waals surface area contributed by atoms with Crippen molar-refractivity contribution in [1.82, 2.24) is 0 Å². The van der Waals surface area contributed by atoms with Crippen LogP contribution in [0.25, 0.3) is 0 Å². The summed E-state index contributed by atoms with van der Waals surface area (Å²) in [6, 6.07) is 9.53. The molecule has 0 radical (unpaired) electrons. The van der Waals surface area contributed by atoms with Crippen LogP contribution >= 0.6 is 8.38 Å². The first-order valence-electron chi connectivity index (χ1n) is 4.81. The summed E-state index contributed by atoms with van der Waals surface area (Å²) in [5.74, 6) is -0.307. The molecule has 0 heterocycles. The fourth-order valence-electron chi connectivity index (χ4n) is 1.09. The first-order chi connectivity index (χ1) is 7.76. The molecule has 0 saturated heterocycles. The van der Waals surface area contributed by atoms with Crippen LogP contribution in [0, 0.1) is 0 Å². The van der Waals surface area contributed by atoms with Crippen LogP contribution in [0.3, 0.4) is 0 Å². The Morgan fingerprint density at radius 3 is 2.38 bits per heavy atom. The molecule has 1 rings (SSSR count). The van der Waals surface area contributed by atoms with Crippen molar-refractivity contribution in [3.8, 4) is 0 Å². The molecule has 0 aliphatic rings. The Morgan fingerprint density at radius 2 is 1.81 bits per heavy atom. The van der Waals surface area contributed by atoms with Gasteiger partial charge in [-0.25, -0.2) is 0 Å². The summed E-state index contributed by atoms with van der Waals surface area (Å²) in [5, 5.41) is 0. The van der Waals surface area contributed by atoms with Gasteiger partial charge in [0.1, 0.15) is 12.8 Å². The molecule has 88 valence electrons. The van der Waals surface area contributed by atoms with Crippen LogP contribution < -0.4 is 0 Å². The molecular formula is C11H15O4P. The van der Waals surface area contributed by atoms with Gasteiger partial charge in [-0.2, -0.15) is 0 Å². The molecule has 0 bridgehead atoms. The second kappa shape index (κ2) is 7.34. The lowest BCUT2D eigenvalue weighted by Crippen LogP contribution is -2.09. The first-order valence-corrected chi connectivity index (χ1v) is 6.18. The average molecular weight is 242 g/mol. The summed E-state index contributed by atoms with van der Waals surface area (Å²) < 4.78 is 15.0. The van der Waals surface area contributed by atoms with Gasteiger partial charge in [-0.15, -0.1) is 0 Å². The van der Waals surface area contributed by atoms with Crippen LogP contribution in [0.15, 0.2) is 30.3 Å². The Kier molecular flexibility index (Phi) is 6.01. The van der Waals surface area contributed by atoms with E-state index in [1.165, 1.54) is 14.2 Å². The van der Waals surface area contributed by atoms with Crippen molar-refractivity contribution in [3.63, 3.8) is 0 Å². The molecule has 0 aliphatic carbocycles. The van der Waals surface area contributed by atoms with Gasteiger partial charge in [0.05, 0.1) is 0 Å². The van der Waals surface area contributed by atoms with E-state index >= 15 is 0 Å². The van der Waals surface area contributed by atoms with Gasteiger partial charge in [0.25, 0.3) is 0 Å². The summed E-state index contributed by atoms with van der Waals surface area (Å²) in [6.45, 7) is 0.288. The quantitative estimate of drug-likeness (QED) is 0.567. The lowest BCUT2D eigenvalue weighted by atomic mass is 10.2. The van der Waals surface area contributed by atoms with Gasteiger partial charge >= 0.3 is 5.97 Å². The number of carbonyl (C=O) groups is 1. The maximum Gasteiger partial charge on any atom is 0.315 e. The van der Waals surface area contributed by atoms with Gasteiger partial charge in [-0.05, 0) is 5.56 Å². The van der Waals surface area contributed by atoms with Crippen molar-refractivity contribution in [1.29, 1.82) is 0 Å². The highest BCUT2D eigenvalue weighted by Gasteiger charge is 2.14. The molecule has 5 heteroatoms. The minimum absolute atomic E-state index is 0.162. The molecular weight excluding hydrogens is 227 g/mol. The van der Waals surface area contributed by atoms with Crippen molar-refractivity contribution in [2.24, 2.45) is 0 Å². The normalized spacial score (nSPS) is 10.4. The first kappa shape index (κ1) is 13.1. The van der Waals surface area contributed by atoms with Crippen LogP contribution in [0.2, 0.25) is 0 Å². The highest BCUT2D eigenvalue weighted by molar-refractivity contribution is 7.48. The maximum absolute atomic E-state index is 11.4. The Bertz CT molecular complexity index is 311. The van der Waals surface area contributed by atoms with Crippen molar-refractivity contribution in [3.05, 3.63) is 35.9 Å². The predicted molar refractivity (Wildman–Crippen MR) is 62.0 cm³/mol. The van der Waals surface area contributed by atoms with E-state index in [0.29, 0.717) is 0 Å². The molecule has 0 aromatic heterocycles. The lowest BCUT2D eigenvalue weighted by molar-refractivity contribution is -0.142. The molecule has 0 spiro atoms. The van der Waals surface area contributed by atoms with Crippen LogP contribution in [-0.2, 0) is 25.2 Å². The van der Waals surface area contributed by atoms with E-state index in [4.69, 9.17) is 13.8 Å². The zero-order valence-electron chi connectivity index (χ0n) is 9.38. The van der Waals surface area contributed by atoms with E-state index < -0.39 is 8.38 Å². The Labute approximate surface area is 96.4 Å². The molecule has 16 heavy (non-hydrogen) atoms. The Hall–Kier alpha value is -0.960. The zero-order chi connectivity index (χ0) is 11.8. The zero-order valence-corrected chi connectivity index (χ0v) is 10.3. The third kappa shape index (κ3) is 4.71. The smallest absolute Gasteiger partial charge is 0.315 e.